The lowest BCUT2D eigenvalue weighted by Crippen LogP contribution is -2.28. The van der Waals surface area contributed by atoms with E-state index in [9.17, 15) is 8.42 Å². The van der Waals surface area contributed by atoms with Crippen LogP contribution in [0.15, 0.2) is 53.4 Å². The molecule has 0 heterocycles. The summed E-state index contributed by atoms with van der Waals surface area (Å²) in [6.07, 6.45) is 0. The first-order valence-corrected chi connectivity index (χ1v) is 8.22. The van der Waals surface area contributed by atoms with Crippen LogP contribution in [-0.4, -0.2) is 21.6 Å². The summed E-state index contributed by atoms with van der Waals surface area (Å²) in [5, 5.41) is 0. The Balaban J connectivity index is 1.90. The minimum atomic E-state index is -3.48. The zero-order valence-electron chi connectivity index (χ0n) is 12.2. The number of hydrogen-bond donors (Lipinski definition) is 1. The lowest BCUT2D eigenvalue weighted by molar-refractivity contribution is 0.322. The largest absolute Gasteiger partial charge is 0.492 e. The highest BCUT2D eigenvalue weighted by atomic mass is 32.2. The summed E-state index contributed by atoms with van der Waals surface area (Å²) in [6, 6.07) is 14.5. The second-order valence-electron chi connectivity index (χ2n) is 4.83. The molecule has 0 spiro atoms. The molecule has 0 saturated carbocycles. The van der Waals surface area contributed by atoms with Crippen molar-refractivity contribution < 1.29 is 13.2 Å². The van der Waals surface area contributed by atoms with Crippen LogP contribution in [0.1, 0.15) is 11.1 Å². The fourth-order valence-electron chi connectivity index (χ4n) is 1.99. The first-order valence-electron chi connectivity index (χ1n) is 6.74. The number of aryl methyl sites for hydroxylation is 2. The van der Waals surface area contributed by atoms with E-state index in [1.807, 2.05) is 37.3 Å². The lowest BCUT2D eigenvalue weighted by Gasteiger charge is -2.10. The van der Waals surface area contributed by atoms with Crippen molar-refractivity contribution in [1.82, 2.24) is 4.72 Å². The summed E-state index contributed by atoms with van der Waals surface area (Å²) in [4.78, 5) is 0.306. The fourth-order valence-corrected chi connectivity index (χ4v) is 3.24. The van der Waals surface area contributed by atoms with Gasteiger partial charge in [0.2, 0.25) is 10.0 Å². The standard InChI is InChI=1S/C16H19NO3S/c1-13-6-5-8-15(12-13)20-11-10-17-21(18,19)16-9-4-3-7-14(16)2/h3-9,12,17H,10-11H2,1-2H3. The molecule has 112 valence electrons. The topological polar surface area (TPSA) is 55.4 Å². The lowest BCUT2D eigenvalue weighted by atomic mass is 10.2. The van der Waals surface area contributed by atoms with E-state index in [0.717, 1.165) is 16.9 Å². The Labute approximate surface area is 125 Å². The van der Waals surface area contributed by atoms with Gasteiger partial charge in [-0.15, -0.1) is 0 Å². The molecule has 0 bridgehead atoms. The third kappa shape index (κ3) is 4.31. The molecule has 5 heteroatoms. The van der Waals surface area contributed by atoms with Gasteiger partial charge in [-0.25, -0.2) is 13.1 Å². The minimum Gasteiger partial charge on any atom is -0.492 e. The van der Waals surface area contributed by atoms with Gasteiger partial charge >= 0.3 is 0 Å². The van der Waals surface area contributed by atoms with Gasteiger partial charge in [-0.3, -0.25) is 0 Å². The van der Waals surface area contributed by atoms with E-state index in [1.54, 1.807) is 25.1 Å². The molecule has 1 N–H and O–H groups in total. The monoisotopic (exact) mass is 305 g/mol. The van der Waals surface area contributed by atoms with Gasteiger partial charge < -0.3 is 4.74 Å². The maximum Gasteiger partial charge on any atom is 0.240 e. The van der Waals surface area contributed by atoms with Crippen molar-refractivity contribution in [2.45, 2.75) is 18.7 Å². The normalized spacial score (nSPS) is 11.3. The van der Waals surface area contributed by atoms with Crippen molar-refractivity contribution in [2.75, 3.05) is 13.2 Å². The molecule has 0 aromatic heterocycles. The summed E-state index contributed by atoms with van der Waals surface area (Å²) >= 11 is 0. The van der Waals surface area contributed by atoms with E-state index in [-0.39, 0.29) is 13.2 Å². The molecule has 0 radical (unpaired) electrons. The Morgan fingerprint density at radius 3 is 2.52 bits per heavy atom. The molecule has 2 aromatic carbocycles. The Hall–Kier alpha value is -1.85. The van der Waals surface area contributed by atoms with Crippen molar-refractivity contribution in [2.24, 2.45) is 0 Å². The summed E-state index contributed by atoms with van der Waals surface area (Å²) in [6.45, 7) is 4.27. The minimum absolute atomic E-state index is 0.227. The van der Waals surface area contributed by atoms with Crippen LogP contribution in [0, 0.1) is 13.8 Å². The van der Waals surface area contributed by atoms with Gasteiger partial charge in [-0.05, 0) is 43.2 Å². The van der Waals surface area contributed by atoms with Crippen LogP contribution >= 0.6 is 0 Å². The highest BCUT2D eigenvalue weighted by Crippen LogP contribution is 2.14. The molecule has 0 saturated heterocycles. The van der Waals surface area contributed by atoms with Crippen LogP contribution in [0.25, 0.3) is 0 Å². The predicted octanol–water partition coefficient (Wildman–Crippen LogP) is 2.66. The summed E-state index contributed by atoms with van der Waals surface area (Å²) in [5.41, 5.74) is 1.83. The number of sulfonamides is 1. The molecular weight excluding hydrogens is 286 g/mol. The number of nitrogens with one attached hydrogen (secondary N) is 1. The predicted molar refractivity (Wildman–Crippen MR) is 83.0 cm³/mol. The second kappa shape index (κ2) is 6.74. The van der Waals surface area contributed by atoms with Gasteiger partial charge in [0.15, 0.2) is 0 Å². The van der Waals surface area contributed by atoms with Gasteiger partial charge in [-0.2, -0.15) is 0 Å². The van der Waals surface area contributed by atoms with Crippen molar-refractivity contribution in [3.8, 4) is 5.75 Å². The van der Waals surface area contributed by atoms with E-state index >= 15 is 0 Å². The third-order valence-corrected chi connectivity index (χ3v) is 4.66. The average molecular weight is 305 g/mol. The highest BCUT2D eigenvalue weighted by molar-refractivity contribution is 7.89. The maximum absolute atomic E-state index is 12.2. The first kappa shape index (κ1) is 15.5. The average Bonchev–Trinajstić information content (AvgIpc) is 2.44. The highest BCUT2D eigenvalue weighted by Gasteiger charge is 2.15. The van der Waals surface area contributed by atoms with E-state index in [0.29, 0.717) is 4.90 Å². The number of rotatable bonds is 6. The molecule has 0 amide bonds. The molecule has 21 heavy (non-hydrogen) atoms. The van der Waals surface area contributed by atoms with E-state index in [1.165, 1.54) is 0 Å². The zero-order valence-corrected chi connectivity index (χ0v) is 13.0. The Bertz CT molecular complexity index is 711. The molecular formula is C16H19NO3S. The van der Waals surface area contributed by atoms with Crippen LogP contribution in [0.3, 0.4) is 0 Å². The number of ether oxygens (including phenoxy) is 1. The van der Waals surface area contributed by atoms with Crippen molar-refractivity contribution >= 4 is 10.0 Å². The van der Waals surface area contributed by atoms with Crippen LogP contribution in [0.2, 0.25) is 0 Å². The molecule has 2 rings (SSSR count). The van der Waals surface area contributed by atoms with E-state index in [4.69, 9.17) is 4.74 Å². The molecule has 0 atom stereocenters. The molecule has 2 aromatic rings. The Morgan fingerprint density at radius 1 is 1.05 bits per heavy atom. The molecule has 0 aliphatic carbocycles. The molecule has 0 unspecified atom stereocenters. The Kier molecular flexibility index (Phi) is 4.98. The first-order chi connectivity index (χ1) is 9.99. The van der Waals surface area contributed by atoms with Crippen LogP contribution < -0.4 is 9.46 Å². The van der Waals surface area contributed by atoms with Crippen molar-refractivity contribution in [3.63, 3.8) is 0 Å². The van der Waals surface area contributed by atoms with Gasteiger partial charge in [0, 0.05) is 6.54 Å². The molecule has 4 nitrogen and oxygen atoms in total. The van der Waals surface area contributed by atoms with Crippen LogP contribution in [-0.2, 0) is 10.0 Å². The van der Waals surface area contributed by atoms with E-state index in [2.05, 4.69) is 4.72 Å². The van der Waals surface area contributed by atoms with Crippen LogP contribution in [0.5, 0.6) is 5.75 Å². The maximum atomic E-state index is 12.2. The van der Waals surface area contributed by atoms with E-state index < -0.39 is 10.0 Å². The van der Waals surface area contributed by atoms with Crippen molar-refractivity contribution in [3.05, 3.63) is 59.7 Å². The SMILES string of the molecule is Cc1cccc(OCCNS(=O)(=O)c2ccccc2C)c1. The summed E-state index contributed by atoms with van der Waals surface area (Å²) in [5.74, 6) is 0.741. The van der Waals surface area contributed by atoms with Gasteiger partial charge in [-0.1, -0.05) is 30.3 Å². The fraction of sp³-hybridized carbons (Fsp3) is 0.250. The Morgan fingerprint density at radius 2 is 1.81 bits per heavy atom. The number of hydrogen-bond acceptors (Lipinski definition) is 3. The smallest absolute Gasteiger partial charge is 0.240 e. The van der Waals surface area contributed by atoms with Gasteiger partial charge in [0.05, 0.1) is 4.90 Å². The quantitative estimate of drug-likeness (QED) is 0.835. The zero-order chi connectivity index (χ0) is 15.3. The van der Waals surface area contributed by atoms with Gasteiger partial charge in [0.1, 0.15) is 12.4 Å². The molecule has 0 fully saturated rings. The van der Waals surface area contributed by atoms with Gasteiger partial charge in [0.25, 0.3) is 0 Å². The summed E-state index contributed by atoms with van der Waals surface area (Å²) in [7, 11) is -3.48. The molecule has 0 aliphatic heterocycles. The second-order valence-corrected chi connectivity index (χ2v) is 6.56. The molecule has 0 aliphatic rings. The third-order valence-electron chi connectivity index (χ3n) is 3.04. The summed E-state index contributed by atoms with van der Waals surface area (Å²) < 4.78 is 32.4. The van der Waals surface area contributed by atoms with Crippen LogP contribution in [0.4, 0.5) is 0 Å². The van der Waals surface area contributed by atoms with Crippen molar-refractivity contribution in [1.29, 1.82) is 0 Å². The number of benzene rings is 2.